The van der Waals surface area contributed by atoms with Gasteiger partial charge < -0.3 is 4.74 Å². The molecule has 90 valence electrons. The summed E-state index contributed by atoms with van der Waals surface area (Å²) in [6.07, 6.45) is 4.56. The van der Waals surface area contributed by atoms with Crippen molar-refractivity contribution < 1.29 is 4.74 Å². The van der Waals surface area contributed by atoms with E-state index < -0.39 is 0 Å². The first kappa shape index (κ1) is 11.2. The average molecular weight is 273 g/mol. The van der Waals surface area contributed by atoms with Gasteiger partial charge in [0.25, 0.3) is 0 Å². The molecule has 1 fully saturated rings. The molecule has 1 saturated heterocycles. The Morgan fingerprint density at radius 3 is 2.94 bits per heavy atom. The summed E-state index contributed by atoms with van der Waals surface area (Å²) in [6.45, 7) is 0.736. The first-order chi connectivity index (χ1) is 8.25. The topological polar surface area (TPSA) is 52.8 Å². The second-order valence-corrected chi connectivity index (χ2v) is 4.60. The van der Waals surface area contributed by atoms with Crippen LogP contribution >= 0.6 is 23.2 Å². The van der Waals surface area contributed by atoms with E-state index in [2.05, 4.69) is 15.0 Å². The van der Waals surface area contributed by atoms with E-state index in [0.29, 0.717) is 16.4 Å². The van der Waals surface area contributed by atoms with Crippen LogP contribution in [0.5, 0.6) is 0 Å². The maximum Gasteiger partial charge on any atom is 0.224 e. The molecular formula is C10H10Cl2N4O. The van der Waals surface area contributed by atoms with E-state index in [0.717, 1.165) is 25.9 Å². The smallest absolute Gasteiger partial charge is 0.224 e. The molecule has 0 radical (unpaired) electrons. The summed E-state index contributed by atoms with van der Waals surface area (Å²) in [4.78, 5) is 12.2. The van der Waals surface area contributed by atoms with Gasteiger partial charge in [-0.3, -0.25) is 4.57 Å². The van der Waals surface area contributed by atoms with Crippen LogP contribution in [0, 0.1) is 0 Å². The van der Waals surface area contributed by atoms with Gasteiger partial charge in [0.2, 0.25) is 10.6 Å². The minimum atomic E-state index is -0.104. The van der Waals surface area contributed by atoms with Crippen LogP contribution in [0.3, 0.4) is 0 Å². The number of fused-ring (bicyclic) bond motifs is 1. The van der Waals surface area contributed by atoms with Crippen molar-refractivity contribution in [2.24, 2.45) is 0 Å². The van der Waals surface area contributed by atoms with E-state index >= 15 is 0 Å². The van der Waals surface area contributed by atoms with Gasteiger partial charge in [0.1, 0.15) is 11.7 Å². The minimum Gasteiger partial charge on any atom is -0.358 e. The number of nitrogens with zero attached hydrogens (tertiary/aromatic N) is 4. The van der Waals surface area contributed by atoms with E-state index in [-0.39, 0.29) is 11.5 Å². The Labute approximate surface area is 108 Å². The molecule has 1 unspecified atom stereocenters. The van der Waals surface area contributed by atoms with Crippen molar-refractivity contribution in [1.82, 2.24) is 19.5 Å². The number of hydrogen-bond acceptors (Lipinski definition) is 4. The van der Waals surface area contributed by atoms with Crippen molar-refractivity contribution in [2.45, 2.75) is 25.5 Å². The lowest BCUT2D eigenvalue weighted by Gasteiger charge is -2.24. The van der Waals surface area contributed by atoms with Gasteiger partial charge in [-0.1, -0.05) is 0 Å². The van der Waals surface area contributed by atoms with Crippen molar-refractivity contribution in [3.8, 4) is 0 Å². The van der Waals surface area contributed by atoms with Crippen molar-refractivity contribution in [1.29, 1.82) is 0 Å². The molecule has 3 heterocycles. The first-order valence-corrected chi connectivity index (χ1v) is 6.19. The van der Waals surface area contributed by atoms with Gasteiger partial charge in [0, 0.05) is 6.61 Å². The molecule has 0 aliphatic carbocycles. The fraction of sp³-hybridized carbons (Fsp3) is 0.500. The molecule has 1 aliphatic heterocycles. The molecule has 0 amide bonds. The second-order valence-electron chi connectivity index (χ2n) is 3.92. The molecule has 3 rings (SSSR count). The normalized spacial score (nSPS) is 20.9. The van der Waals surface area contributed by atoms with E-state index in [1.54, 1.807) is 10.8 Å². The molecule has 0 bridgehead atoms. The third-order valence-electron chi connectivity index (χ3n) is 2.80. The van der Waals surface area contributed by atoms with Crippen LogP contribution in [0.4, 0.5) is 0 Å². The summed E-state index contributed by atoms with van der Waals surface area (Å²) in [6, 6.07) is 0. The van der Waals surface area contributed by atoms with E-state index in [4.69, 9.17) is 27.9 Å². The Bertz CT molecular complexity index is 550. The number of rotatable bonds is 1. The quantitative estimate of drug-likeness (QED) is 0.592. The SMILES string of the molecule is Clc1ncc2nc(Cl)n(C3CCCCO3)c2n1. The monoisotopic (exact) mass is 272 g/mol. The highest BCUT2D eigenvalue weighted by molar-refractivity contribution is 6.29. The Morgan fingerprint density at radius 1 is 1.29 bits per heavy atom. The number of aromatic nitrogens is 4. The first-order valence-electron chi connectivity index (χ1n) is 5.43. The standard InChI is InChI=1S/C10H10Cl2N4O/c11-9-13-5-6-8(15-9)16(10(12)14-6)7-3-1-2-4-17-7/h5,7H,1-4H2. The highest BCUT2D eigenvalue weighted by Gasteiger charge is 2.22. The lowest BCUT2D eigenvalue weighted by molar-refractivity contribution is -0.0296. The Morgan fingerprint density at radius 2 is 2.18 bits per heavy atom. The molecule has 1 aliphatic rings. The summed E-state index contributed by atoms with van der Waals surface area (Å²) < 4.78 is 7.47. The largest absolute Gasteiger partial charge is 0.358 e. The van der Waals surface area contributed by atoms with Crippen LogP contribution < -0.4 is 0 Å². The summed E-state index contributed by atoms with van der Waals surface area (Å²) in [5.41, 5.74) is 1.26. The Hall–Kier alpha value is -0.910. The van der Waals surface area contributed by atoms with Crippen LogP contribution in [0.1, 0.15) is 25.5 Å². The predicted octanol–water partition coefficient (Wildman–Crippen LogP) is 2.83. The van der Waals surface area contributed by atoms with Gasteiger partial charge in [-0.25, -0.2) is 9.97 Å². The molecular weight excluding hydrogens is 263 g/mol. The molecule has 0 saturated carbocycles. The number of hydrogen-bond donors (Lipinski definition) is 0. The second kappa shape index (κ2) is 4.40. The predicted molar refractivity (Wildman–Crippen MR) is 64.2 cm³/mol. The molecule has 0 aromatic carbocycles. The lowest BCUT2D eigenvalue weighted by Crippen LogP contribution is -2.18. The molecule has 7 heteroatoms. The fourth-order valence-corrected chi connectivity index (χ4v) is 2.43. The zero-order chi connectivity index (χ0) is 11.8. The van der Waals surface area contributed by atoms with Crippen molar-refractivity contribution in [2.75, 3.05) is 6.61 Å². The Balaban J connectivity index is 2.13. The van der Waals surface area contributed by atoms with Crippen molar-refractivity contribution in [3.63, 3.8) is 0 Å². The van der Waals surface area contributed by atoms with Crippen molar-refractivity contribution in [3.05, 3.63) is 16.8 Å². The minimum absolute atomic E-state index is 0.104. The third kappa shape index (κ3) is 1.99. The van der Waals surface area contributed by atoms with Gasteiger partial charge in [0.15, 0.2) is 5.65 Å². The third-order valence-corrected chi connectivity index (χ3v) is 3.25. The van der Waals surface area contributed by atoms with Crippen LogP contribution in [-0.2, 0) is 4.74 Å². The maximum atomic E-state index is 6.11. The van der Waals surface area contributed by atoms with E-state index in [1.807, 2.05) is 0 Å². The molecule has 5 nitrogen and oxygen atoms in total. The molecule has 17 heavy (non-hydrogen) atoms. The van der Waals surface area contributed by atoms with Gasteiger partial charge in [0.05, 0.1) is 6.20 Å². The van der Waals surface area contributed by atoms with Crippen molar-refractivity contribution >= 4 is 34.4 Å². The van der Waals surface area contributed by atoms with Gasteiger partial charge in [-0.05, 0) is 42.5 Å². The van der Waals surface area contributed by atoms with Gasteiger partial charge in [-0.2, -0.15) is 4.98 Å². The van der Waals surface area contributed by atoms with Crippen LogP contribution in [0.15, 0.2) is 6.20 Å². The summed E-state index contributed by atoms with van der Waals surface area (Å²) in [7, 11) is 0. The van der Waals surface area contributed by atoms with E-state index in [1.165, 1.54) is 0 Å². The van der Waals surface area contributed by atoms with Crippen LogP contribution in [-0.4, -0.2) is 26.1 Å². The number of halogens is 2. The molecule has 0 spiro atoms. The Kier molecular flexibility index (Phi) is 2.90. The lowest BCUT2D eigenvalue weighted by atomic mass is 10.2. The van der Waals surface area contributed by atoms with Crippen LogP contribution in [0.2, 0.25) is 10.6 Å². The fourth-order valence-electron chi connectivity index (χ4n) is 2.03. The van der Waals surface area contributed by atoms with Crippen LogP contribution in [0.25, 0.3) is 11.2 Å². The van der Waals surface area contributed by atoms with Gasteiger partial charge in [-0.15, -0.1) is 0 Å². The molecule has 2 aromatic heterocycles. The summed E-state index contributed by atoms with van der Waals surface area (Å²) in [5.74, 6) is 0. The van der Waals surface area contributed by atoms with E-state index in [9.17, 15) is 0 Å². The summed E-state index contributed by atoms with van der Waals surface area (Å²) >= 11 is 11.9. The van der Waals surface area contributed by atoms with Gasteiger partial charge >= 0.3 is 0 Å². The average Bonchev–Trinajstić information content (AvgIpc) is 2.65. The molecule has 1 atom stereocenters. The highest BCUT2D eigenvalue weighted by atomic mass is 35.5. The summed E-state index contributed by atoms with van der Waals surface area (Å²) in [5, 5.41) is 0.551. The zero-order valence-electron chi connectivity index (χ0n) is 8.94. The number of imidazole rings is 1. The number of ether oxygens (including phenoxy) is 1. The zero-order valence-corrected chi connectivity index (χ0v) is 10.4. The highest BCUT2D eigenvalue weighted by Crippen LogP contribution is 2.29. The maximum absolute atomic E-state index is 6.11. The molecule has 0 N–H and O–H groups in total. The molecule has 2 aromatic rings.